The lowest BCUT2D eigenvalue weighted by Crippen LogP contribution is -2.27. The van der Waals surface area contributed by atoms with Crippen molar-refractivity contribution in [3.63, 3.8) is 0 Å². The van der Waals surface area contributed by atoms with Crippen LogP contribution >= 0.6 is 24.0 Å². The smallest absolute Gasteiger partial charge is 0.285 e. The molecule has 3 N–H and O–H groups in total. The van der Waals surface area contributed by atoms with Crippen LogP contribution in [-0.2, 0) is 0 Å². The third kappa shape index (κ3) is 2.42. The SMILES string of the molecule is Cl.N[C@@H]1CCN(c2cn[nH]c(=O)c2Cl)C1. The van der Waals surface area contributed by atoms with Gasteiger partial charge in [-0.3, -0.25) is 4.79 Å². The molecule has 2 heterocycles. The monoisotopic (exact) mass is 250 g/mol. The molecule has 1 aliphatic heterocycles. The molecule has 1 aromatic heterocycles. The van der Waals surface area contributed by atoms with Gasteiger partial charge in [0.1, 0.15) is 5.02 Å². The van der Waals surface area contributed by atoms with Gasteiger partial charge >= 0.3 is 0 Å². The summed E-state index contributed by atoms with van der Waals surface area (Å²) in [5.74, 6) is 0. The van der Waals surface area contributed by atoms with Crippen LogP contribution in [0, 0.1) is 0 Å². The van der Waals surface area contributed by atoms with E-state index < -0.39 is 0 Å². The van der Waals surface area contributed by atoms with E-state index in [2.05, 4.69) is 10.2 Å². The van der Waals surface area contributed by atoms with E-state index in [0.29, 0.717) is 5.69 Å². The number of nitrogens with two attached hydrogens (primary N) is 1. The summed E-state index contributed by atoms with van der Waals surface area (Å²) in [6.07, 6.45) is 2.48. The fraction of sp³-hybridized carbons (Fsp3) is 0.500. The van der Waals surface area contributed by atoms with Gasteiger partial charge in [0.15, 0.2) is 0 Å². The Morgan fingerprint density at radius 3 is 3.00 bits per heavy atom. The zero-order valence-electron chi connectivity index (χ0n) is 7.94. The van der Waals surface area contributed by atoms with E-state index in [1.54, 1.807) is 6.20 Å². The lowest BCUT2D eigenvalue weighted by atomic mass is 10.3. The Hall–Kier alpha value is -0.780. The van der Waals surface area contributed by atoms with Gasteiger partial charge in [0.25, 0.3) is 5.56 Å². The second-order valence-electron chi connectivity index (χ2n) is 3.39. The third-order valence-corrected chi connectivity index (χ3v) is 2.71. The largest absolute Gasteiger partial charge is 0.367 e. The Morgan fingerprint density at radius 1 is 1.67 bits per heavy atom. The number of aromatic nitrogens is 2. The average molecular weight is 251 g/mol. The van der Waals surface area contributed by atoms with Crippen LogP contribution in [0.5, 0.6) is 0 Å². The number of nitrogens with one attached hydrogen (secondary N) is 1. The molecule has 0 bridgehead atoms. The predicted octanol–water partition coefficient (Wildman–Crippen LogP) is 0.382. The van der Waals surface area contributed by atoms with Crippen molar-refractivity contribution in [2.24, 2.45) is 5.73 Å². The highest BCUT2D eigenvalue weighted by atomic mass is 35.5. The van der Waals surface area contributed by atoms with Gasteiger partial charge in [-0.2, -0.15) is 5.10 Å². The van der Waals surface area contributed by atoms with Crippen LogP contribution in [0.25, 0.3) is 0 Å². The molecule has 1 aromatic rings. The summed E-state index contributed by atoms with van der Waals surface area (Å²) in [4.78, 5) is 13.2. The Bertz CT molecular complexity index is 394. The molecular formula is C8H12Cl2N4O. The van der Waals surface area contributed by atoms with Crippen molar-refractivity contribution in [1.82, 2.24) is 10.2 Å². The highest BCUT2D eigenvalue weighted by Crippen LogP contribution is 2.23. The molecule has 0 unspecified atom stereocenters. The topological polar surface area (TPSA) is 75.0 Å². The molecule has 0 aliphatic carbocycles. The van der Waals surface area contributed by atoms with E-state index in [0.717, 1.165) is 19.5 Å². The summed E-state index contributed by atoms with van der Waals surface area (Å²) in [5, 5.41) is 6.18. The Balaban J connectivity index is 0.00000112. The molecular weight excluding hydrogens is 239 g/mol. The normalized spacial score (nSPS) is 20.1. The number of aromatic amines is 1. The number of anilines is 1. The first kappa shape index (κ1) is 12.3. The number of halogens is 2. The molecule has 0 radical (unpaired) electrons. The van der Waals surface area contributed by atoms with Gasteiger partial charge in [0.2, 0.25) is 0 Å². The van der Waals surface area contributed by atoms with Crippen molar-refractivity contribution >= 4 is 29.7 Å². The van der Waals surface area contributed by atoms with Crippen LogP contribution in [0.4, 0.5) is 5.69 Å². The van der Waals surface area contributed by atoms with Gasteiger partial charge < -0.3 is 10.6 Å². The minimum atomic E-state index is -0.357. The molecule has 1 atom stereocenters. The van der Waals surface area contributed by atoms with E-state index in [1.807, 2.05) is 4.90 Å². The number of hydrogen-bond acceptors (Lipinski definition) is 4. The molecule has 0 spiro atoms. The molecule has 5 nitrogen and oxygen atoms in total. The van der Waals surface area contributed by atoms with Crippen molar-refractivity contribution < 1.29 is 0 Å². The fourth-order valence-electron chi connectivity index (χ4n) is 1.60. The zero-order valence-corrected chi connectivity index (χ0v) is 9.51. The first-order valence-electron chi connectivity index (χ1n) is 4.42. The molecule has 1 aliphatic rings. The summed E-state index contributed by atoms with van der Waals surface area (Å²) < 4.78 is 0. The lowest BCUT2D eigenvalue weighted by molar-refractivity contribution is 0.752. The quantitative estimate of drug-likeness (QED) is 0.756. The molecule has 84 valence electrons. The van der Waals surface area contributed by atoms with Crippen molar-refractivity contribution in [2.75, 3.05) is 18.0 Å². The maximum Gasteiger partial charge on any atom is 0.285 e. The van der Waals surface area contributed by atoms with Crippen molar-refractivity contribution in [3.8, 4) is 0 Å². The van der Waals surface area contributed by atoms with Gasteiger partial charge in [0.05, 0.1) is 11.9 Å². The van der Waals surface area contributed by atoms with Gasteiger partial charge in [-0.25, -0.2) is 5.10 Å². The van der Waals surface area contributed by atoms with Crippen LogP contribution in [-0.4, -0.2) is 29.3 Å². The predicted molar refractivity (Wildman–Crippen MR) is 61.9 cm³/mol. The van der Waals surface area contributed by atoms with E-state index in [4.69, 9.17) is 17.3 Å². The Kier molecular flexibility index (Phi) is 3.96. The summed E-state index contributed by atoms with van der Waals surface area (Å²) in [6, 6.07) is 0.158. The van der Waals surface area contributed by atoms with E-state index in [9.17, 15) is 4.79 Å². The molecule has 1 saturated heterocycles. The van der Waals surface area contributed by atoms with Gasteiger partial charge in [-0.1, -0.05) is 11.6 Å². The molecule has 1 fully saturated rings. The minimum Gasteiger partial charge on any atom is -0.367 e. The van der Waals surface area contributed by atoms with E-state index in [1.165, 1.54) is 0 Å². The Labute approximate surface area is 98.0 Å². The number of rotatable bonds is 1. The second kappa shape index (κ2) is 4.83. The maximum absolute atomic E-state index is 11.2. The van der Waals surface area contributed by atoms with Crippen molar-refractivity contribution in [2.45, 2.75) is 12.5 Å². The number of hydrogen-bond donors (Lipinski definition) is 2. The third-order valence-electron chi connectivity index (χ3n) is 2.34. The van der Waals surface area contributed by atoms with E-state index in [-0.39, 0.29) is 29.0 Å². The van der Waals surface area contributed by atoms with Crippen molar-refractivity contribution in [3.05, 3.63) is 21.6 Å². The van der Waals surface area contributed by atoms with Crippen LogP contribution in [0.1, 0.15) is 6.42 Å². The molecule has 0 saturated carbocycles. The van der Waals surface area contributed by atoms with E-state index >= 15 is 0 Å². The van der Waals surface area contributed by atoms with Crippen LogP contribution < -0.4 is 16.2 Å². The van der Waals surface area contributed by atoms with Crippen LogP contribution in [0.2, 0.25) is 5.02 Å². The summed E-state index contributed by atoms with van der Waals surface area (Å²) in [6.45, 7) is 1.55. The molecule has 15 heavy (non-hydrogen) atoms. The highest BCUT2D eigenvalue weighted by Gasteiger charge is 2.22. The first-order chi connectivity index (χ1) is 6.68. The number of H-pyrrole nitrogens is 1. The van der Waals surface area contributed by atoms with Crippen LogP contribution in [0.3, 0.4) is 0 Å². The first-order valence-corrected chi connectivity index (χ1v) is 4.80. The van der Waals surface area contributed by atoms with Gasteiger partial charge in [0, 0.05) is 19.1 Å². The standard InChI is InChI=1S/C8H11ClN4O.ClH/c9-7-6(3-11-12-8(7)14)13-2-1-5(10)4-13;/h3,5H,1-2,4,10H2,(H,12,14);1H/t5-;/m1./s1. The minimum absolute atomic E-state index is 0. The van der Waals surface area contributed by atoms with Gasteiger partial charge in [-0.05, 0) is 6.42 Å². The summed E-state index contributed by atoms with van der Waals surface area (Å²) >= 11 is 5.85. The average Bonchev–Trinajstić information content (AvgIpc) is 2.57. The molecule has 0 aromatic carbocycles. The molecule has 2 rings (SSSR count). The second-order valence-corrected chi connectivity index (χ2v) is 3.77. The molecule has 0 amide bonds. The maximum atomic E-state index is 11.2. The number of nitrogens with zero attached hydrogens (tertiary/aromatic N) is 2. The fourth-order valence-corrected chi connectivity index (χ4v) is 1.81. The molecule has 7 heteroatoms. The lowest BCUT2D eigenvalue weighted by Gasteiger charge is -2.17. The zero-order chi connectivity index (χ0) is 10.1. The van der Waals surface area contributed by atoms with Gasteiger partial charge in [-0.15, -0.1) is 12.4 Å². The summed E-state index contributed by atoms with van der Waals surface area (Å²) in [5.41, 5.74) is 6.07. The van der Waals surface area contributed by atoms with Crippen LogP contribution in [0.15, 0.2) is 11.0 Å². The van der Waals surface area contributed by atoms with Crippen molar-refractivity contribution in [1.29, 1.82) is 0 Å². The highest BCUT2D eigenvalue weighted by molar-refractivity contribution is 6.33. The Morgan fingerprint density at radius 2 is 2.40 bits per heavy atom. The summed E-state index contributed by atoms with van der Waals surface area (Å²) in [7, 11) is 0.